The first-order valence-corrected chi connectivity index (χ1v) is 5.58. The molecular formula is C14H14O. The van der Waals surface area contributed by atoms with Crippen molar-refractivity contribution in [1.29, 1.82) is 0 Å². The number of phenolic OH excluding ortho intramolecular Hbond substituents is 1. The van der Waals surface area contributed by atoms with E-state index in [2.05, 4.69) is 18.2 Å². The Bertz CT molecular complexity index is 514. The van der Waals surface area contributed by atoms with Gasteiger partial charge in [-0.3, -0.25) is 0 Å². The van der Waals surface area contributed by atoms with E-state index < -0.39 is 0 Å². The van der Waals surface area contributed by atoms with Gasteiger partial charge in [-0.2, -0.15) is 0 Å². The molecular weight excluding hydrogens is 184 g/mol. The number of aromatic hydroxyl groups is 1. The first-order valence-electron chi connectivity index (χ1n) is 5.58. The summed E-state index contributed by atoms with van der Waals surface area (Å²) in [6.07, 6.45) is 4.95. The Hall–Kier alpha value is -1.50. The molecule has 0 aliphatic heterocycles. The minimum Gasteiger partial charge on any atom is -0.507 e. The third-order valence-electron chi connectivity index (χ3n) is 3.32. The van der Waals surface area contributed by atoms with Crippen LogP contribution < -0.4 is 0 Å². The highest BCUT2D eigenvalue weighted by atomic mass is 16.3. The maximum Gasteiger partial charge on any atom is 0.123 e. The summed E-state index contributed by atoms with van der Waals surface area (Å²) in [5, 5.41) is 11.9. The highest BCUT2D eigenvalue weighted by Crippen LogP contribution is 2.30. The molecule has 0 fully saturated rings. The van der Waals surface area contributed by atoms with E-state index in [-0.39, 0.29) is 0 Å². The van der Waals surface area contributed by atoms with E-state index in [1.807, 2.05) is 6.07 Å². The average Bonchev–Trinajstić information content (AvgIpc) is 2.27. The van der Waals surface area contributed by atoms with E-state index in [9.17, 15) is 5.11 Å². The van der Waals surface area contributed by atoms with Gasteiger partial charge in [0.2, 0.25) is 0 Å². The van der Waals surface area contributed by atoms with Gasteiger partial charge >= 0.3 is 0 Å². The Morgan fingerprint density at radius 2 is 1.67 bits per heavy atom. The van der Waals surface area contributed by atoms with Crippen LogP contribution >= 0.6 is 0 Å². The lowest BCUT2D eigenvalue weighted by molar-refractivity contribution is 0.481. The molecule has 1 nitrogen and oxygen atoms in total. The van der Waals surface area contributed by atoms with Crippen LogP contribution in [0.15, 0.2) is 30.3 Å². The molecule has 0 spiro atoms. The number of rotatable bonds is 0. The zero-order valence-electron chi connectivity index (χ0n) is 8.66. The van der Waals surface area contributed by atoms with Gasteiger partial charge in [0.25, 0.3) is 0 Å². The van der Waals surface area contributed by atoms with E-state index >= 15 is 0 Å². The molecule has 0 saturated heterocycles. The van der Waals surface area contributed by atoms with Crippen molar-refractivity contribution < 1.29 is 5.11 Å². The van der Waals surface area contributed by atoms with Gasteiger partial charge in [-0.05, 0) is 54.3 Å². The molecule has 0 amide bonds. The Morgan fingerprint density at radius 3 is 2.47 bits per heavy atom. The number of phenols is 1. The van der Waals surface area contributed by atoms with Crippen molar-refractivity contribution in [3.63, 3.8) is 0 Å². The van der Waals surface area contributed by atoms with Crippen LogP contribution in [0.2, 0.25) is 0 Å². The predicted octanol–water partition coefficient (Wildman–Crippen LogP) is 3.42. The van der Waals surface area contributed by atoms with Crippen LogP contribution in [0.25, 0.3) is 10.8 Å². The van der Waals surface area contributed by atoms with E-state index in [0.717, 1.165) is 10.8 Å². The molecule has 1 aliphatic carbocycles. The van der Waals surface area contributed by atoms with Crippen molar-refractivity contribution in [3.05, 3.63) is 41.5 Å². The standard InChI is InChI=1S/C14H14O/c15-14-7-3-6-12-8-10-4-1-2-5-11(10)9-13(12)14/h3,6-9,15H,1-2,4-5H2. The lowest BCUT2D eigenvalue weighted by atomic mass is 9.89. The Labute approximate surface area is 89.4 Å². The molecule has 2 aromatic carbocycles. The molecule has 1 N–H and O–H groups in total. The summed E-state index contributed by atoms with van der Waals surface area (Å²) in [4.78, 5) is 0. The van der Waals surface area contributed by atoms with E-state index in [1.165, 1.54) is 36.8 Å². The minimum absolute atomic E-state index is 0.404. The molecule has 1 heteroatoms. The van der Waals surface area contributed by atoms with Crippen LogP contribution in [-0.2, 0) is 12.8 Å². The van der Waals surface area contributed by atoms with Crippen LogP contribution in [0.1, 0.15) is 24.0 Å². The van der Waals surface area contributed by atoms with Gasteiger partial charge < -0.3 is 5.11 Å². The lowest BCUT2D eigenvalue weighted by Gasteiger charge is -2.16. The smallest absolute Gasteiger partial charge is 0.123 e. The third-order valence-corrected chi connectivity index (χ3v) is 3.32. The summed E-state index contributed by atoms with van der Waals surface area (Å²) in [5.74, 6) is 0.404. The lowest BCUT2D eigenvalue weighted by Crippen LogP contribution is -2.02. The number of hydrogen-bond donors (Lipinski definition) is 1. The number of aryl methyl sites for hydroxylation is 2. The maximum absolute atomic E-state index is 9.77. The monoisotopic (exact) mass is 198 g/mol. The number of fused-ring (bicyclic) bond motifs is 2. The molecule has 3 rings (SSSR count). The second-order valence-electron chi connectivity index (χ2n) is 4.33. The summed E-state index contributed by atoms with van der Waals surface area (Å²) in [7, 11) is 0. The molecule has 0 heterocycles. The average molecular weight is 198 g/mol. The zero-order valence-corrected chi connectivity index (χ0v) is 8.66. The summed E-state index contributed by atoms with van der Waals surface area (Å²) >= 11 is 0. The van der Waals surface area contributed by atoms with E-state index in [0.29, 0.717) is 5.75 Å². The van der Waals surface area contributed by atoms with Gasteiger partial charge in [-0.1, -0.05) is 18.2 Å². The molecule has 1 aliphatic rings. The van der Waals surface area contributed by atoms with Gasteiger partial charge in [0.15, 0.2) is 0 Å². The first kappa shape index (κ1) is 8.78. The van der Waals surface area contributed by atoms with Crippen molar-refractivity contribution in [2.24, 2.45) is 0 Å². The van der Waals surface area contributed by atoms with Gasteiger partial charge in [0.05, 0.1) is 0 Å². The van der Waals surface area contributed by atoms with Crippen molar-refractivity contribution >= 4 is 10.8 Å². The normalized spacial score (nSPS) is 15.2. The van der Waals surface area contributed by atoms with Gasteiger partial charge in [0.1, 0.15) is 5.75 Å². The van der Waals surface area contributed by atoms with Crippen molar-refractivity contribution in [2.45, 2.75) is 25.7 Å². The molecule has 2 aromatic rings. The Balaban J connectivity index is 2.31. The molecule has 0 aromatic heterocycles. The zero-order chi connectivity index (χ0) is 10.3. The molecule has 0 atom stereocenters. The van der Waals surface area contributed by atoms with Crippen LogP contribution in [0.5, 0.6) is 5.75 Å². The number of hydrogen-bond acceptors (Lipinski definition) is 1. The first-order chi connectivity index (χ1) is 7.34. The van der Waals surface area contributed by atoms with Crippen molar-refractivity contribution in [1.82, 2.24) is 0 Å². The predicted molar refractivity (Wildman–Crippen MR) is 62.3 cm³/mol. The van der Waals surface area contributed by atoms with Crippen molar-refractivity contribution in [2.75, 3.05) is 0 Å². The van der Waals surface area contributed by atoms with Gasteiger partial charge in [-0.25, -0.2) is 0 Å². The van der Waals surface area contributed by atoms with Crippen LogP contribution in [0.4, 0.5) is 0 Å². The number of benzene rings is 2. The Morgan fingerprint density at radius 1 is 0.933 bits per heavy atom. The van der Waals surface area contributed by atoms with E-state index in [4.69, 9.17) is 0 Å². The third kappa shape index (κ3) is 1.39. The molecule has 0 radical (unpaired) electrons. The van der Waals surface area contributed by atoms with Crippen LogP contribution in [0.3, 0.4) is 0 Å². The largest absolute Gasteiger partial charge is 0.507 e. The molecule has 76 valence electrons. The van der Waals surface area contributed by atoms with Gasteiger partial charge in [0, 0.05) is 5.39 Å². The maximum atomic E-state index is 9.77. The Kier molecular flexibility index (Phi) is 1.91. The summed E-state index contributed by atoms with van der Waals surface area (Å²) in [6.45, 7) is 0. The molecule has 0 saturated carbocycles. The van der Waals surface area contributed by atoms with Crippen LogP contribution in [-0.4, -0.2) is 5.11 Å². The summed E-state index contributed by atoms with van der Waals surface area (Å²) in [5.41, 5.74) is 2.90. The summed E-state index contributed by atoms with van der Waals surface area (Å²) < 4.78 is 0. The van der Waals surface area contributed by atoms with Gasteiger partial charge in [-0.15, -0.1) is 0 Å². The highest BCUT2D eigenvalue weighted by molar-refractivity contribution is 5.89. The topological polar surface area (TPSA) is 20.2 Å². The quantitative estimate of drug-likeness (QED) is 0.687. The SMILES string of the molecule is Oc1cccc2cc3c(cc12)CCCC3. The highest BCUT2D eigenvalue weighted by Gasteiger charge is 2.11. The molecule has 0 unspecified atom stereocenters. The second kappa shape index (κ2) is 3.27. The fourth-order valence-corrected chi connectivity index (χ4v) is 2.50. The second-order valence-corrected chi connectivity index (χ2v) is 4.33. The fourth-order valence-electron chi connectivity index (χ4n) is 2.50. The van der Waals surface area contributed by atoms with E-state index in [1.54, 1.807) is 6.07 Å². The fraction of sp³-hybridized carbons (Fsp3) is 0.286. The molecule has 15 heavy (non-hydrogen) atoms. The van der Waals surface area contributed by atoms with Crippen LogP contribution in [0, 0.1) is 0 Å². The van der Waals surface area contributed by atoms with Crippen molar-refractivity contribution in [3.8, 4) is 5.75 Å². The minimum atomic E-state index is 0.404. The summed E-state index contributed by atoms with van der Waals surface area (Å²) in [6, 6.07) is 10.1. The molecule has 0 bridgehead atoms.